The lowest BCUT2D eigenvalue weighted by atomic mass is 9.89. The van der Waals surface area contributed by atoms with Crippen molar-refractivity contribution in [2.24, 2.45) is 0 Å². The lowest BCUT2D eigenvalue weighted by molar-refractivity contribution is -0.0529. The van der Waals surface area contributed by atoms with E-state index >= 15 is 0 Å². The molecule has 7 rings (SSSR count). The average molecular weight is 666 g/mol. The van der Waals surface area contributed by atoms with Gasteiger partial charge in [-0.3, -0.25) is 9.67 Å². The highest BCUT2D eigenvalue weighted by atomic mass is 35.5. The number of imidazole rings is 1. The molecule has 1 aliphatic rings. The van der Waals surface area contributed by atoms with Crippen molar-refractivity contribution >= 4 is 42.5 Å². The van der Waals surface area contributed by atoms with Gasteiger partial charge < -0.3 is 18.8 Å². The van der Waals surface area contributed by atoms with Crippen molar-refractivity contribution in [1.82, 2.24) is 29.3 Å². The van der Waals surface area contributed by atoms with Crippen LogP contribution in [0.5, 0.6) is 11.5 Å². The third-order valence-electron chi connectivity index (χ3n) is 8.66. The summed E-state index contributed by atoms with van der Waals surface area (Å²) < 4.78 is 22.8. The summed E-state index contributed by atoms with van der Waals surface area (Å²) in [6, 6.07) is 21.1. The van der Waals surface area contributed by atoms with Crippen molar-refractivity contribution in [3.05, 3.63) is 95.7 Å². The van der Waals surface area contributed by atoms with Gasteiger partial charge in [-0.15, -0.1) is 0 Å². The Morgan fingerprint density at radius 2 is 1.83 bits per heavy atom. The molecule has 0 bridgehead atoms. The quantitative estimate of drug-likeness (QED) is 0.121. The molecule has 0 saturated heterocycles. The number of hydrogen-bond donors (Lipinski definition) is 0. The Hall–Kier alpha value is -4.09. The molecular formula is C36H38ClN6O3Si. The van der Waals surface area contributed by atoms with Gasteiger partial charge in [-0.2, -0.15) is 5.10 Å². The van der Waals surface area contributed by atoms with Crippen LogP contribution >= 0.6 is 11.6 Å². The van der Waals surface area contributed by atoms with Crippen molar-refractivity contribution in [1.29, 1.82) is 0 Å². The largest absolute Gasteiger partial charge is 0.456 e. The number of aryl methyl sites for hydroxylation is 1. The van der Waals surface area contributed by atoms with E-state index in [0.717, 1.165) is 41.3 Å². The van der Waals surface area contributed by atoms with Crippen LogP contribution in [-0.2, 0) is 22.8 Å². The summed E-state index contributed by atoms with van der Waals surface area (Å²) in [4.78, 5) is 14.3. The van der Waals surface area contributed by atoms with Gasteiger partial charge in [0, 0.05) is 26.6 Å². The van der Waals surface area contributed by atoms with Gasteiger partial charge in [0.25, 0.3) is 0 Å². The van der Waals surface area contributed by atoms with Gasteiger partial charge in [0.15, 0.2) is 0 Å². The van der Waals surface area contributed by atoms with E-state index in [4.69, 9.17) is 35.8 Å². The second-order valence-corrected chi connectivity index (χ2v) is 15.7. The number of halogens is 1. The number of benzene rings is 3. The minimum atomic E-state index is -0.369. The molecule has 1 radical (unpaired) electrons. The maximum Gasteiger partial charge on any atom is 0.148 e. The monoisotopic (exact) mass is 665 g/mol. The van der Waals surface area contributed by atoms with Crippen LogP contribution in [0.15, 0.2) is 79.3 Å². The van der Waals surface area contributed by atoms with Crippen LogP contribution in [0.25, 0.3) is 33.3 Å². The summed E-state index contributed by atoms with van der Waals surface area (Å²) in [6.07, 6.45) is 7.96. The highest BCUT2D eigenvalue weighted by Crippen LogP contribution is 2.38. The van der Waals surface area contributed by atoms with E-state index in [-0.39, 0.29) is 27.0 Å². The van der Waals surface area contributed by atoms with E-state index in [2.05, 4.69) is 46.8 Å². The number of aromatic nitrogens is 6. The maximum absolute atomic E-state index is 6.92. The molecule has 3 unspecified atom stereocenters. The SMILES string of the molecule is Cc1nc2ccc(Oc3ccc4ncc(-c5cnn(C6CCC6OCc6ccccc6)c5)nc4c3Cl)cc2n1COC(C)C[Si](C)C. The van der Waals surface area contributed by atoms with Crippen molar-refractivity contribution < 1.29 is 14.2 Å². The molecule has 3 heterocycles. The Kier molecular flexibility index (Phi) is 9.09. The van der Waals surface area contributed by atoms with Crippen LogP contribution in [0, 0.1) is 6.92 Å². The molecule has 241 valence electrons. The van der Waals surface area contributed by atoms with Crippen LogP contribution in [0.3, 0.4) is 0 Å². The fraction of sp³-hybridized carbons (Fsp3) is 0.333. The van der Waals surface area contributed by atoms with Gasteiger partial charge >= 0.3 is 0 Å². The summed E-state index contributed by atoms with van der Waals surface area (Å²) in [5.41, 5.74) is 5.82. The van der Waals surface area contributed by atoms with Gasteiger partial charge in [0.05, 0.1) is 59.5 Å². The first-order valence-electron chi connectivity index (χ1n) is 16.0. The van der Waals surface area contributed by atoms with Gasteiger partial charge in [-0.05, 0) is 62.6 Å². The van der Waals surface area contributed by atoms with Crippen molar-refractivity contribution in [2.75, 3.05) is 0 Å². The van der Waals surface area contributed by atoms with E-state index in [1.807, 2.05) is 72.5 Å². The van der Waals surface area contributed by atoms with Gasteiger partial charge in [-0.1, -0.05) is 55.0 Å². The highest BCUT2D eigenvalue weighted by molar-refractivity contribution is 6.55. The zero-order valence-electron chi connectivity index (χ0n) is 27.1. The summed E-state index contributed by atoms with van der Waals surface area (Å²) >= 11 is 6.92. The summed E-state index contributed by atoms with van der Waals surface area (Å²) in [5, 5.41) is 5.06. The summed E-state index contributed by atoms with van der Waals surface area (Å²) in [7, 11) is -0.369. The van der Waals surface area contributed by atoms with E-state index in [9.17, 15) is 0 Å². The topological polar surface area (TPSA) is 89.1 Å². The second kappa shape index (κ2) is 13.6. The first-order valence-corrected chi connectivity index (χ1v) is 19.1. The van der Waals surface area contributed by atoms with Gasteiger partial charge in [0.1, 0.15) is 34.6 Å². The minimum Gasteiger partial charge on any atom is -0.456 e. The third-order valence-corrected chi connectivity index (χ3v) is 10.4. The van der Waals surface area contributed by atoms with Crippen molar-refractivity contribution in [3.63, 3.8) is 0 Å². The Labute approximate surface area is 281 Å². The maximum atomic E-state index is 6.92. The number of ether oxygens (including phenoxy) is 3. The molecule has 3 atom stereocenters. The normalized spacial score (nSPS) is 17.0. The summed E-state index contributed by atoms with van der Waals surface area (Å²) in [5.74, 6) is 2.04. The molecule has 3 aromatic heterocycles. The third kappa shape index (κ3) is 6.82. The lowest BCUT2D eigenvalue weighted by Crippen LogP contribution is -2.36. The zero-order valence-corrected chi connectivity index (χ0v) is 28.8. The van der Waals surface area contributed by atoms with Crippen LogP contribution in [0.4, 0.5) is 0 Å². The predicted octanol–water partition coefficient (Wildman–Crippen LogP) is 8.63. The predicted molar refractivity (Wildman–Crippen MR) is 186 cm³/mol. The first-order chi connectivity index (χ1) is 22.8. The fourth-order valence-corrected chi connectivity index (χ4v) is 7.54. The molecule has 1 saturated carbocycles. The molecular weight excluding hydrogens is 628 g/mol. The molecule has 6 aromatic rings. The van der Waals surface area contributed by atoms with Gasteiger partial charge in [0.2, 0.25) is 0 Å². The molecule has 9 nitrogen and oxygen atoms in total. The van der Waals surface area contributed by atoms with Crippen LogP contribution < -0.4 is 4.74 Å². The molecule has 1 aliphatic carbocycles. The molecule has 3 aromatic carbocycles. The Bertz CT molecular complexity index is 2010. The van der Waals surface area contributed by atoms with E-state index < -0.39 is 0 Å². The molecule has 0 aliphatic heterocycles. The molecule has 0 N–H and O–H groups in total. The first kappa shape index (κ1) is 31.5. The van der Waals surface area contributed by atoms with Crippen LogP contribution in [-0.4, -0.2) is 50.3 Å². The molecule has 47 heavy (non-hydrogen) atoms. The average Bonchev–Trinajstić information content (AvgIpc) is 3.64. The van der Waals surface area contributed by atoms with E-state index in [0.29, 0.717) is 46.6 Å². The number of hydrogen-bond acceptors (Lipinski definition) is 7. The molecule has 11 heteroatoms. The van der Waals surface area contributed by atoms with Gasteiger partial charge in [-0.25, -0.2) is 9.97 Å². The zero-order chi connectivity index (χ0) is 32.5. The Morgan fingerprint density at radius 3 is 2.62 bits per heavy atom. The summed E-state index contributed by atoms with van der Waals surface area (Å²) in [6.45, 7) is 9.77. The smallest absolute Gasteiger partial charge is 0.148 e. The van der Waals surface area contributed by atoms with Crippen LogP contribution in [0.2, 0.25) is 24.2 Å². The van der Waals surface area contributed by atoms with Crippen molar-refractivity contribution in [3.8, 4) is 22.8 Å². The second-order valence-electron chi connectivity index (χ2n) is 12.5. The molecule has 0 spiro atoms. The van der Waals surface area contributed by atoms with Crippen molar-refractivity contribution in [2.45, 2.75) is 77.4 Å². The molecule has 0 amide bonds. The number of nitrogens with zero attached hydrogens (tertiary/aromatic N) is 6. The lowest BCUT2D eigenvalue weighted by Gasteiger charge is -2.36. The Balaban J connectivity index is 1.08. The number of rotatable bonds is 12. The molecule has 1 fully saturated rings. The minimum absolute atomic E-state index is 0.128. The standard InChI is InChI=1S/C36H38ClN6O3Si/c1-23(21-47(3)4)45-22-42-24(2)40-28-11-10-27(16-32(28)42)46-34-14-12-29-36(35(34)37)41-30(18-38-29)26-17-39-43(19-26)31-13-15-33(31)44-20-25-8-6-5-7-9-25/h5-12,14,16-19,23,31,33H,13,15,20-22H2,1-4H3. The highest BCUT2D eigenvalue weighted by Gasteiger charge is 2.34. The number of fused-ring (bicyclic) bond motifs is 2. The van der Waals surface area contributed by atoms with Crippen LogP contribution in [0.1, 0.15) is 37.2 Å². The fourth-order valence-electron chi connectivity index (χ4n) is 6.03. The van der Waals surface area contributed by atoms with E-state index in [1.54, 1.807) is 6.20 Å². The Morgan fingerprint density at radius 1 is 1.00 bits per heavy atom. The van der Waals surface area contributed by atoms with E-state index in [1.165, 1.54) is 5.56 Å².